The van der Waals surface area contributed by atoms with Crippen molar-refractivity contribution in [3.8, 4) is 11.1 Å². The number of halogens is 1. The van der Waals surface area contributed by atoms with E-state index < -0.39 is 0 Å². The summed E-state index contributed by atoms with van der Waals surface area (Å²) >= 11 is 0. The molecule has 0 aliphatic heterocycles. The molecule has 0 fully saturated rings. The van der Waals surface area contributed by atoms with Gasteiger partial charge in [0.15, 0.2) is 11.3 Å². The highest BCUT2D eigenvalue weighted by Crippen LogP contribution is 2.29. The van der Waals surface area contributed by atoms with E-state index in [1.54, 1.807) is 23.6 Å². The Morgan fingerprint density at radius 1 is 1.00 bits per heavy atom. The van der Waals surface area contributed by atoms with Crippen LogP contribution in [0.2, 0.25) is 0 Å². The molecule has 1 amide bonds. The van der Waals surface area contributed by atoms with Gasteiger partial charge in [0.2, 0.25) is 0 Å². The van der Waals surface area contributed by atoms with Gasteiger partial charge in [-0.15, -0.1) is 10.2 Å². The van der Waals surface area contributed by atoms with E-state index in [-0.39, 0.29) is 17.4 Å². The minimum absolute atomic E-state index is 0.206. The number of carbonyl (C=O) groups is 1. The van der Waals surface area contributed by atoms with Crippen molar-refractivity contribution in [3.63, 3.8) is 0 Å². The van der Waals surface area contributed by atoms with Crippen molar-refractivity contribution < 1.29 is 9.18 Å². The van der Waals surface area contributed by atoms with Gasteiger partial charge in [0, 0.05) is 5.69 Å². The Kier molecular flexibility index (Phi) is 5.27. The lowest BCUT2D eigenvalue weighted by molar-refractivity contribution is 0.102. The Labute approximate surface area is 173 Å². The summed E-state index contributed by atoms with van der Waals surface area (Å²) < 4.78 is 15.0. The highest BCUT2D eigenvalue weighted by molar-refractivity contribution is 6.03. The summed E-state index contributed by atoms with van der Waals surface area (Å²) in [4.78, 5) is 12.8. The van der Waals surface area contributed by atoms with E-state index in [9.17, 15) is 9.18 Å². The van der Waals surface area contributed by atoms with Crippen LogP contribution in [0.15, 0.2) is 48.5 Å². The fraction of sp³-hybridized carbons (Fsp3) is 0.217. The van der Waals surface area contributed by atoms with Crippen molar-refractivity contribution in [2.24, 2.45) is 0 Å². The molecule has 4 rings (SSSR count). The molecular weight excluding hydrogens is 381 g/mol. The summed E-state index contributed by atoms with van der Waals surface area (Å²) in [6, 6.07) is 13.9. The second-order valence-corrected chi connectivity index (χ2v) is 7.06. The summed E-state index contributed by atoms with van der Waals surface area (Å²) in [6.07, 6.45) is 1.60. The van der Waals surface area contributed by atoms with Crippen LogP contribution in [0.1, 0.15) is 41.3 Å². The Hall–Kier alpha value is -3.61. The van der Waals surface area contributed by atoms with Crippen LogP contribution in [0.5, 0.6) is 0 Å². The number of nitrogens with one attached hydrogen (secondary N) is 1. The van der Waals surface area contributed by atoms with Gasteiger partial charge in [0.25, 0.3) is 5.91 Å². The smallest absolute Gasteiger partial charge is 0.278 e. The molecule has 0 unspecified atom stereocenters. The number of nitrogens with zero attached hydrogens (tertiary/aromatic N) is 4. The molecular formula is C23H22FN5O. The van der Waals surface area contributed by atoms with Crippen LogP contribution in [0.3, 0.4) is 0 Å². The SMILES string of the molecule is CCc1ccc(NC(=O)c2nnc3c(-c4ccc(F)cc4)c(CC)nn3c2C)cc1. The summed E-state index contributed by atoms with van der Waals surface area (Å²) in [6.45, 7) is 5.86. The van der Waals surface area contributed by atoms with Crippen molar-refractivity contribution in [1.82, 2.24) is 19.8 Å². The second-order valence-electron chi connectivity index (χ2n) is 7.06. The summed E-state index contributed by atoms with van der Waals surface area (Å²) in [5.74, 6) is -0.649. The average molecular weight is 403 g/mol. The zero-order chi connectivity index (χ0) is 21.3. The van der Waals surface area contributed by atoms with E-state index in [1.807, 2.05) is 31.2 Å². The van der Waals surface area contributed by atoms with Crippen molar-refractivity contribution in [1.29, 1.82) is 0 Å². The first kappa shape index (κ1) is 19.7. The highest BCUT2D eigenvalue weighted by Gasteiger charge is 2.21. The van der Waals surface area contributed by atoms with Crippen LogP contribution in [0, 0.1) is 12.7 Å². The Morgan fingerprint density at radius 3 is 2.33 bits per heavy atom. The number of hydrogen-bond acceptors (Lipinski definition) is 4. The summed E-state index contributed by atoms with van der Waals surface area (Å²) in [5, 5.41) is 16.0. The standard InChI is InChI=1S/C23H22FN5O/c1-4-15-6-12-18(13-7-15)25-23(30)21-14(3)29-22(27-26-21)20(19(5-2)28-29)16-8-10-17(24)11-9-16/h6-13H,4-5H2,1-3H3,(H,25,30). The largest absolute Gasteiger partial charge is 0.321 e. The van der Waals surface area contributed by atoms with Gasteiger partial charge in [0.05, 0.1) is 17.0 Å². The van der Waals surface area contributed by atoms with E-state index in [1.165, 1.54) is 17.7 Å². The molecule has 7 heteroatoms. The van der Waals surface area contributed by atoms with E-state index in [2.05, 4.69) is 27.5 Å². The molecule has 0 spiro atoms. The summed E-state index contributed by atoms with van der Waals surface area (Å²) in [7, 11) is 0. The lowest BCUT2D eigenvalue weighted by atomic mass is 10.0. The fourth-order valence-electron chi connectivity index (χ4n) is 3.43. The van der Waals surface area contributed by atoms with Crippen LogP contribution >= 0.6 is 0 Å². The molecule has 0 aliphatic rings. The Bertz CT molecular complexity index is 1210. The van der Waals surface area contributed by atoms with Gasteiger partial charge in [-0.1, -0.05) is 38.1 Å². The number of anilines is 1. The molecule has 1 N–H and O–H groups in total. The van der Waals surface area contributed by atoms with E-state index in [0.717, 1.165) is 23.2 Å². The van der Waals surface area contributed by atoms with Crippen molar-refractivity contribution >= 4 is 17.2 Å². The van der Waals surface area contributed by atoms with Gasteiger partial charge >= 0.3 is 0 Å². The molecule has 0 saturated carbocycles. The third-order valence-electron chi connectivity index (χ3n) is 5.14. The quantitative estimate of drug-likeness (QED) is 0.528. The lowest BCUT2D eigenvalue weighted by Crippen LogP contribution is -2.18. The number of aromatic nitrogens is 4. The van der Waals surface area contributed by atoms with Gasteiger partial charge in [0.1, 0.15) is 5.82 Å². The number of aryl methyl sites for hydroxylation is 3. The first-order chi connectivity index (χ1) is 14.5. The van der Waals surface area contributed by atoms with Gasteiger partial charge in [-0.05, 0) is 55.2 Å². The monoisotopic (exact) mass is 403 g/mol. The Morgan fingerprint density at radius 2 is 1.70 bits per heavy atom. The van der Waals surface area contributed by atoms with Crippen molar-refractivity contribution in [2.45, 2.75) is 33.6 Å². The number of fused-ring (bicyclic) bond motifs is 1. The molecule has 0 aliphatic carbocycles. The highest BCUT2D eigenvalue weighted by atomic mass is 19.1. The molecule has 0 radical (unpaired) electrons. The summed E-state index contributed by atoms with van der Waals surface area (Å²) in [5.41, 5.74) is 5.65. The van der Waals surface area contributed by atoms with Crippen LogP contribution in [0.25, 0.3) is 16.8 Å². The van der Waals surface area contributed by atoms with Crippen molar-refractivity contribution in [3.05, 3.63) is 77.0 Å². The first-order valence-corrected chi connectivity index (χ1v) is 9.93. The van der Waals surface area contributed by atoms with Crippen molar-refractivity contribution in [2.75, 3.05) is 5.32 Å². The number of benzene rings is 2. The van der Waals surface area contributed by atoms with Gasteiger partial charge < -0.3 is 5.32 Å². The van der Waals surface area contributed by atoms with Crippen LogP contribution in [-0.2, 0) is 12.8 Å². The first-order valence-electron chi connectivity index (χ1n) is 9.93. The molecule has 4 aromatic rings. The zero-order valence-electron chi connectivity index (χ0n) is 17.1. The van der Waals surface area contributed by atoms with Gasteiger partial charge in [-0.25, -0.2) is 8.91 Å². The Balaban J connectivity index is 1.73. The molecule has 2 aromatic carbocycles. The third-order valence-corrected chi connectivity index (χ3v) is 5.14. The van der Waals surface area contributed by atoms with E-state index in [4.69, 9.17) is 0 Å². The van der Waals surface area contributed by atoms with E-state index >= 15 is 0 Å². The molecule has 6 nitrogen and oxygen atoms in total. The third kappa shape index (κ3) is 3.54. The maximum atomic E-state index is 13.4. The topological polar surface area (TPSA) is 72.2 Å². The van der Waals surface area contributed by atoms with E-state index in [0.29, 0.717) is 23.4 Å². The average Bonchev–Trinajstić information content (AvgIpc) is 3.14. The maximum absolute atomic E-state index is 13.4. The number of rotatable bonds is 5. The molecule has 2 heterocycles. The normalized spacial score (nSPS) is 11.1. The molecule has 0 bridgehead atoms. The number of carbonyl (C=O) groups excluding carboxylic acids is 1. The molecule has 2 aromatic heterocycles. The van der Waals surface area contributed by atoms with Crippen LogP contribution in [-0.4, -0.2) is 25.7 Å². The predicted molar refractivity (Wildman–Crippen MR) is 114 cm³/mol. The maximum Gasteiger partial charge on any atom is 0.278 e. The number of amides is 1. The molecule has 0 atom stereocenters. The van der Waals surface area contributed by atoms with Crippen LogP contribution in [0.4, 0.5) is 10.1 Å². The molecule has 152 valence electrons. The minimum Gasteiger partial charge on any atom is -0.321 e. The van der Waals surface area contributed by atoms with Crippen LogP contribution < -0.4 is 5.32 Å². The van der Waals surface area contributed by atoms with Gasteiger partial charge in [-0.3, -0.25) is 4.79 Å². The molecule has 30 heavy (non-hydrogen) atoms. The number of hydrogen-bond donors (Lipinski definition) is 1. The minimum atomic E-state index is -0.344. The second kappa shape index (κ2) is 8.02. The zero-order valence-corrected chi connectivity index (χ0v) is 17.1. The fourth-order valence-corrected chi connectivity index (χ4v) is 3.43. The van der Waals surface area contributed by atoms with Gasteiger partial charge in [-0.2, -0.15) is 5.10 Å². The molecule has 0 saturated heterocycles. The predicted octanol–water partition coefficient (Wildman–Crippen LogP) is 4.62. The lowest BCUT2D eigenvalue weighted by Gasteiger charge is -2.08.